The van der Waals surface area contributed by atoms with Gasteiger partial charge >= 0.3 is 31.5 Å². The molecule has 0 bridgehead atoms. The minimum Gasteiger partial charge on any atom is -0.168 e. The Balaban J connectivity index is 0.000000232. The number of rotatable bonds is 0. The number of thioether (sulfide) groups is 1. The SMILES string of the molecule is BrC1=C2C(=Cc3ccc[c-]c32)CS1.[Cl-].[Cl-].[S]=[Zr+2].c1ccc2[cH-]ccc2c1. The molecular weight excluding hydrogens is 546 g/mol. The summed E-state index contributed by atoms with van der Waals surface area (Å²) in [7, 11) is 4.17. The van der Waals surface area contributed by atoms with Crippen LogP contribution in [0.15, 0.2) is 70.1 Å². The molecule has 0 N–H and O–H groups in total. The summed E-state index contributed by atoms with van der Waals surface area (Å²) in [4.78, 5) is 0. The maximum Gasteiger partial charge on any atom is -0.0809 e. The second-order valence-electron chi connectivity index (χ2n) is 5.26. The molecule has 3 aromatic carbocycles. The Labute approximate surface area is 197 Å². The van der Waals surface area contributed by atoms with Crippen LogP contribution >= 0.6 is 36.5 Å². The van der Waals surface area contributed by atoms with Crippen LogP contribution in [0.2, 0.25) is 0 Å². The first kappa shape index (κ1) is 24.1. The van der Waals surface area contributed by atoms with Crippen LogP contribution in [0.25, 0.3) is 22.4 Å². The number of hydrogen-bond acceptors (Lipinski definition) is 2. The van der Waals surface area contributed by atoms with Gasteiger partial charge in [-0.25, -0.2) is 0 Å². The quantitative estimate of drug-likeness (QED) is 0.376. The number of allylic oxidation sites excluding steroid dienone is 1. The maximum atomic E-state index is 4.17. The summed E-state index contributed by atoms with van der Waals surface area (Å²) in [6.45, 7) is 0. The molecule has 0 fully saturated rings. The summed E-state index contributed by atoms with van der Waals surface area (Å²) in [5.74, 6) is 1.10. The van der Waals surface area contributed by atoms with Crippen molar-refractivity contribution >= 4 is 59.0 Å². The Kier molecular flexibility index (Phi) is 10.9. The monoisotopic (exact) mass is 556 g/mol. The molecular formula is C20H13BrCl2S2Zr-2. The molecule has 0 amide bonds. The fourth-order valence-corrected chi connectivity index (χ4v) is 4.51. The van der Waals surface area contributed by atoms with Gasteiger partial charge in [0.15, 0.2) is 0 Å². The predicted octanol–water partition coefficient (Wildman–Crippen LogP) is 0.906. The Hall–Kier alpha value is 0.0431. The van der Waals surface area contributed by atoms with Crippen molar-refractivity contribution in [3.05, 3.63) is 87.2 Å². The molecule has 26 heavy (non-hydrogen) atoms. The van der Waals surface area contributed by atoms with E-state index in [1.165, 1.54) is 36.9 Å². The van der Waals surface area contributed by atoms with Crippen LogP contribution in [0.1, 0.15) is 11.1 Å². The molecule has 0 saturated carbocycles. The molecule has 1 heterocycles. The molecule has 0 aromatic heterocycles. The van der Waals surface area contributed by atoms with Gasteiger partial charge in [0.05, 0.1) is 0 Å². The standard InChI is InChI=1S/C11H6BrS.C9H7.2ClH.S.Zr/c12-11-10-8(6-13-11)5-7-3-1-2-4-9(7)10;1-2-5-9-7-3-6-8(9)4-1;;;;/h1-3,5H,6H2;1-7H;2*1H;;/q2*-1;;;;+2/p-2. The molecule has 0 atom stereocenters. The molecule has 1 aliphatic carbocycles. The van der Waals surface area contributed by atoms with Gasteiger partial charge < -0.3 is 24.8 Å². The van der Waals surface area contributed by atoms with E-state index in [4.69, 9.17) is 0 Å². The van der Waals surface area contributed by atoms with Gasteiger partial charge in [-0.2, -0.15) is 17.5 Å². The van der Waals surface area contributed by atoms with E-state index in [2.05, 4.69) is 85.5 Å². The maximum absolute atomic E-state index is 4.17. The molecule has 132 valence electrons. The summed E-state index contributed by atoms with van der Waals surface area (Å²) in [5.41, 5.74) is 5.37. The van der Waals surface area contributed by atoms with Crippen molar-refractivity contribution in [2.45, 2.75) is 0 Å². The number of halogens is 3. The topological polar surface area (TPSA) is 0 Å². The van der Waals surface area contributed by atoms with Gasteiger partial charge in [-0.05, 0) is 0 Å². The van der Waals surface area contributed by atoms with Gasteiger partial charge in [0.25, 0.3) is 0 Å². The van der Waals surface area contributed by atoms with Crippen LogP contribution in [-0.4, -0.2) is 5.75 Å². The van der Waals surface area contributed by atoms with Crippen LogP contribution in [0.4, 0.5) is 0 Å². The largest absolute Gasteiger partial charge is 0.168 e. The fourth-order valence-electron chi connectivity index (χ4n) is 2.83. The van der Waals surface area contributed by atoms with Gasteiger partial charge in [0.1, 0.15) is 0 Å². The zero-order valence-electron chi connectivity index (χ0n) is 13.5. The zero-order valence-corrected chi connectivity index (χ0v) is 20.7. The summed E-state index contributed by atoms with van der Waals surface area (Å²) in [5, 5.41) is 2.66. The Morgan fingerprint density at radius 3 is 2.62 bits per heavy atom. The molecule has 3 aromatic rings. The van der Waals surface area contributed by atoms with Gasteiger partial charge in [-0.1, -0.05) is 33.1 Å². The van der Waals surface area contributed by atoms with E-state index in [1.54, 1.807) is 0 Å². The van der Waals surface area contributed by atoms with E-state index < -0.39 is 0 Å². The summed E-state index contributed by atoms with van der Waals surface area (Å²) in [6.07, 6.45) is 2.27. The first-order valence-electron chi connectivity index (χ1n) is 7.38. The second-order valence-corrected chi connectivity index (χ2v) is 7.57. The molecule has 5 rings (SSSR count). The molecule has 0 saturated heterocycles. The Morgan fingerprint density at radius 1 is 1.08 bits per heavy atom. The first-order valence-corrected chi connectivity index (χ1v) is 12.6. The molecule has 1 aliphatic heterocycles. The Bertz CT molecular complexity index is 904. The van der Waals surface area contributed by atoms with E-state index >= 15 is 0 Å². The van der Waals surface area contributed by atoms with Crippen LogP contribution < -0.4 is 24.8 Å². The van der Waals surface area contributed by atoms with E-state index in [0.717, 1.165) is 28.4 Å². The van der Waals surface area contributed by atoms with Crippen LogP contribution in [0.3, 0.4) is 0 Å². The van der Waals surface area contributed by atoms with Crippen molar-refractivity contribution in [1.82, 2.24) is 0 Å². The van der Waals surface area contributed by atoms with E-state index in [-0.39, 0.29) is 24.8 Å². The minimum absolute atomic E-state index is 0. The van der Waals surface area contributed by atoms with Crippen molar-refractivity contribution in [2.75, 3.05) is 5.75 Å². The van der Waals surface area contributed by atoms with Crippen molar-refractivity contribution in [2.24, 2.45) is 0 Å². The zero-order chi connectivity index (χ0) is 16.9. The molecule has 0 nitrogen and oxygen atoms in total. The van der Waals surface area contributed by atoms with Crippen molar-refractivity contribution in [3.63, 3.8) is 0 Å². The summed E-state index contributed by atoms with van der Waals surface area (Å²) in [6, 6.07) is 24.1. The van der Waals surface area contributed by atoms with Crippen molar-refractivity contribution in [3.8, 4) is 0 Å². The van der Waals surface area contributed by atoms with Gasteiger partial charge in [0, 0.05) is 9.57 Å². The van der Waals surface area contributed by atoms with E-state index in [1.807, 2.05) is 23.9 Å². The second kappa shape index (κ2) is 11.8. The normalized spacial score (nSPS) is 13.1. The Morgan fingerprint density at radius 2 is 1.85 bits per heavy atom. The van der Waals surface area contributed by atoms with Gasteiger partial charge in [-0.3, -0.25) is 0 Å². The van der Waals surface area contributed by atoms with E-state index in [0.29, 0.717) is 0 Å². The number of fused-ring (bicyclic) bond motifs is 4. The first-order chi connectivity index (χ1) is 11.8. The molecule has 2 aliphatic rings. The average molecular weight is 559 g/mol. The number of hydrogen-bond donors (Lipinski definition) is 0. The fraction of sp³-hybridized carbons (Fsp3) is 0.0500. The van der Waals surface area contributed by atoms with Crippen LogP contribution in [-0.2, 0) is 22.7 Å². The summed E-state index contributed by atoms with van der Waals surface area (Å²) < 4.78 is 1.26. The van der Waals surface area contributed by atoms with Crippen molar-refractivity contribution < 1.29 is 47.5 Å². The van der Waals surface area contributed by atoms with Crippen molar-refractivity contribution in [1.29, 1.82) is 0 Å². The molecule has 0 unspecified atom stereocenters. The predicted molar refractivity (Wildman–Crippen MR) is 109 cm³/mol. The van der Waals surface area contributed by atoms with Crippen LogP contribution in [0.5, 0.6) is 0 Å². The average Bonchev–Trinajstić information content (AvgIpc) is 3.33. The summed E-state index contributed by atoms with van der Waals surface area (Å²) >= 11 is 6.59. The van der Waals surface area contributed by atoms with E-state index in [9.17, 15) is 0 Å². The minimum atomic E-state index is 0. The van der Waals surface area contributed by atoms with Crippen LogP contribution in [0, 0.1) is 6.07 Å². The molecule has 0 spiro atoms. The smallest absolute Gasteiger partial charge is 0.0809 e. The third kappa shape index (κ3) is 5.31. The van der Waals surface area contributed by atoms with Gasteiger partial charge in [-0.15, -0.1) is 82.9 Å². The number of benzene rings is 2. The third-order valence-electron chi connectivity index (χ3n) is 3.89. The van der Waals surface area contributed by atoms with Gasteiger partial charge in [0.2, 0.25) is 0 Å². The third-order valence-corrected chi connectivity index (χ3v) is 5.88. The molecule has 0 radical (unpaired) electrons. The molecule has 6 heteroatoms.